The van der Waals surface area contributed by atoms with Crippen molar-refractivity contribution in [3.8, 4) is 146 Å². The second-order valence-corrected chi connectivity index (χ2v) is 28.5. The smallest absolute Gasteiger partial charge is 0.164 e. The van der Waals surface area contributed by atoms with Crippen molar-refractivity contribution in [3.05, 3.63) is 459 Å². The Labute approximate surface area is 698 Å². The van der Waals surface area contributed by atoms with Gasteiger partial charge in [0.1, 0.15) is 5.84 Å². The lowest BCUT2D eigenvalue weighted by atomic mass is 9.98. The Morgan fingerprint density at radius 3 is 1.07 bits per heavy atom. The SMILES string of the molecule is N=C/C=C(\C=C\c1cc(-c2ccccc2)cc(-c2ccccn2)n1)c1ccc(-c2ccc(CN=C(N=C(N)c3ccccc3)c3ccc(-c4ccccc4)cc3)cc2)cc1.c1ccc(-c2ccc(-c3nc(-c4ccccc4)nc(-c4ccc(-c5ccc(-c6cccc(-c7cc(-c8ccccc8)cc(-c8ccccn8)n7)n6)cc5)cc4)n3)cc2)cc1. The second kappa shape index (κ2) is 36.9. The van der Waals surface area contributed by atoms with Crippen molar-refractivity contribution >= 4 is 29.5 Å². The number of aliphatic imine (C=N–C) groups is 2. The maximum Gasteiger partial charge on any atom is 0.164 e. The molecule has 0 aliphatic carbocycles. The van der Waals surface area contributed by atoms with Gasteiger partial charge in [0.05, 0.1) is 52.1 Å². The molecule has 570 valence electrons. The number of hydrogen-bond donors (Lipinski definition) is 2. The van der Waals surface area contributed by atoms with Crippen LogP contribution in [0.25, 0.3) is 158 Å². The van der Waals surface area contributed by atoms with Gasteiger partial charge in [-0.15, -0.1) is 0 Å². The van der Waals surface area contributed by atoms with Crippen LogP contribution in [0.15, 0.2) is 441 Å². The molecule has 0 spiro atoms. The topological polar surface area (TPSA) is 178 Å². The summed E-state index contributed by atoms with van der Waals surface area (Å²) in [4.78, 5) is 48.8. The van der Waals surface area contributed by atoms with Gasteiger partial charge in [-0.25, -0.2) is 34.9 Å². The fraction of sp³-hybridized carbons (Fsp3) is 0.00926. The molecule has 0 amide bonds. The number of allylic oxidation sites excluding steroid dienone is 3. The zero-order valence-corrected chi connectivity index (χ0v) is 65.4. The van der Waals surface area contributed by atoms with Crippen LogP contribution >= 0.6 is 0 Å². The van der Waals surface area contributed by atoms with Gasteiger partial charge >= 0.3 is 0 Å². The fourth-order valence-electron chi connectivity index (χ4n) is 14.1. The number of nitrogens with two attached hydrogens (primary N) is 1. The molecular formula is C108H78N12. The van der Waals surface area contributed by atoms with Gasteiger partial charge in [0, 0.05) is 52.0 Å². The molecule has 12 heteroatoms. The molecule has 18 rings (SSSR count). The first-order valence-corrected chi connectivity index (χ1v) is 39.6. The zero-order valence-electron chi connectivity index (χ0n) is 65.4. The summed E-state index contributed by atoms with van der Waals surface area (Å²) in [5.74, 6) is 2.87. The van der Waals surface area contributed by atoms with Crippen LogP contribution in [0.5, 0.6) is 0 Å². The Hall–Kier alpha value is -16.3. The number of benzene rings is 12. The molecule has 18 aromatic rings. The number of hydrogen-bond acceptors (Lipinski definition) is 10. The highest BCUT2D eigenvalue weighted by Crippen LogP contribution is 2.35. The van der Waals surface area contributed by atoms with E-state index in [1.54, 1.807) is 18.5 Å². The molecule has 0 saturated carbocycles. The van der Waals surface area contributed by atoms with E-state index < -0.39 is 0 Å². The summed E-state index contributed by atoms with van der Waals surface area (Å²) in [5, 5.41) is 7.90. The molecule has 6 heterocycles. The predicted molar refractivity (Wildman–Crippen MR) is 492 cm³/mol. The zero-order chi connectivity index (χ0) is 81.0. The quantitative estimate of drug-likeness (QED) is 0.0402. The first kappa shape index (κ1) is 76.3. The molecule has 0 fully saturated rings. The van der Waals surface area contributed by atoms with Crippen molar-refractivity contribution < 1.29 is 0 Å². The minimum Gasteiger partial charge on any atom is -0.383 e. The van der Waals surface area contributed by atoms with Gasteiger partial charge in [-0.05, 0) is 156 Å². The maximum absolute atomic E-state index is 7.90. The van der Waals surface area contributed by atoms with Gasteiger partial charge in [0.25, 0.3) is 0 Å². The van der Waals surface area contributed by atoms with Crippen molar-refractivity contribution in [1.29, 1.82) is 5.41 Å². The van der Waals surface area contributed by atoms with Crippen molar-refractivity contribution in [2.75, 3.05) is 0 Å². The Morgan fingerprint density at radius 2 is 0.617 bits per heavy atom. The third-order valence-electron chi connectivity index (χ3n) is 20.5. The van der Waals surface area contributed by atoms with Crippen LogP contribution in [-0.2, 0) is 6.54 Å². The van der Waals surface area contributed by atoms with Crippen molar-refractivity contribution in [1.82, 2.24) is 39.9 Å². The second-order valence-electron chi connectivity index (χ2n) is 28.5. The predicted octanol–water partition coefficient (Wildman–Crippen LogP) is 25.3. The normalized spacial score (nSPS) is 11.6. The number of nitrogens with one attached hydrogen (secondary N) is 1. The summed E-state index contributed by atoms with van der Waals surface area (Å²) in [6.07, 6.45) is 10.7. The molecule has 120 heavy (non-hydrogen) atoms. The highest BCUT2D eigenvalue weighted by atomic mass is 15.0. The Kier molecular flexibility index (Phi) is 23.5. The summed E-state index contributed by atoms with van der Waals surface area (Å²) < 4.78 is 0. The summed E-state index contributed by atoms with van der Waals surface area (Å²) >= 11 is 0. The molecule has 0 bridgehead atoms. The van der Waals surface area contributed by atoms with Crippen LogP contribution in [0.2, 0.25) is 0 Å². The van der Waals surface area contributed by atoms with Gasteiger partial charge in [0.15, 0.2) is 23.3 Å². The van der Waals surface area contributed by atoms with E-state index in [0.717, 1.165) is 157 Å². The lowest BCUT2D eigenvalue weighted by Gasteiger charge is -2.11. The van der Waals surface area contributed by atoms with Crippen LogP contribution in [0.4, 0.5) is 0 Å². The van der Waals surface area contributed by atoms with Crippen LogP contribution in [0, 0.1) is 5.41 Å². The molecule has 0 unspecified atom stereocenters. The summed E-state index contributed by atoms with van der Waals surface area (Å²) in [5.41, 5.74) is 34.7. The first-order valence-electron chi connectivity index (χ1n) is 39.6. The van der Waals surface area contributed by atoms with E-state index in [1.807, 2.05) is 200 Å². The van der Waals surface area contributed by atoms with Crippen LogP contribution < -0.4 is 5.73 Å². The molecule has 0 atom stereocenters. The van der Waals surface area contributed by atoms with E-state index in [9.17, 15) is 0 Å². The Morgan fingerprint density at radius 1 is 0.275 bits per heavy atom. The number of nitrogens with zero attached hydrogens (tertiary/aromatic N) is 10. The third-order valence-corrected chi connectivity index (χ3v) is 20.5. The average molecular weight is 1540 g/mol. The van der Waals surface area contributed by atoms with Gasteiger partial charge in [-0.3, -0.25) is 15.0 Å². The summed E-state index contributed by atoms with van der Waals surface area (Å²) in [7, 11) is 0. The van der Waals surface area contributed by atoms with E-state index >= 15 is 0 Å². The minimum absolute atomic E-state index is 0.415. The molecule has 3 N–H and O–H groups in total. The molecular weight excluding hydrogens is 1470 g/mol. The fourth-order valence-corrected chi connectivity index (χ4v) is 14.1. The number of rotatable bonds is 21. The molecule has 0 aliphatic rings. The lowest BCUT2D eigenvalue weighted by molar-refractivity contribution is 1.06. The van der Waals surface area contributed by atoms with Gasteiger partial charge in [-0.2, -0.15) is 0 Å². The van der Waals surface area contributed by atoms with Crippen molar-refractivity contribution in [2.45, 2.75) is 6.54 Å². The largest absolute Gasteiger partial charge is 0.383 e. The Bertz CT molecular complexity index is 6520. The average Bonchev–Trinajstić information content (AvgIpc) is 0.801. The van der Waals surface area contributed by atoms with Crippen molar-refractivity contribution in [3.63, 3.8) is 0 Å². The Balaban J connectivity index is 0.000000171. The molecule has 6 aromatic heterocycles. The first-order chi connectivity index (χ1) is 59.3. The minimum atomic E-state index is 0.415. The van der Waals surface area contributed by atoms with E-state index in [0.29, 0.717) is 35.7 Å². The number of aromatic nitrogens is 8. The number of amidine groups is 2. The van der Waals surface area contributed by atoms with Gasteiger partial charge in [0.2, 0.25) is 0 Å². The van der Waals surface area contributed by atoms with Crippen LogP contribution in [0.3, 0.4) is 0 Å². The van der Waals surface area contributed by atoms with Crippen LogP contribution in [-0.4, -0.2) is 57.8 Å². The molecule has 12 aromatic carbocycles. The third kappa shape index (κ3) is 18.7. The molecule has 0 radical (unpaired) electrons. The van der Waals surface area contributed by atoms with E-state index in [4.69, 9.17) is 51.0 Å². The van der Waals surface area contributed by atoms with Crippen molar-refractivity contribution in [2.24, 2.45) is 15.7 Å². The molecule has 0 aliphatic heterocycles. The highest BCUT2D eigenvalue weighted by molar-refractivity contribution is 6.11. The van der Waals surface area contributed by atoms with Gasteiger partial charge in [-0.1, -0.05) is 352 Å². The van der Waals surface area contributed by atoms with E-state index in [-0.39, 0.29) is 0 Å². The maximum atomic E-state index is 7.90. The van der Waals surface area contributed by atoms with E-state index in [1.165, 1.54) is 11.8 Å². The van der Waals surface area contributed by atoms with E-state index in [2.05, 4.69) is 228 Å². The monoisotopic (exact) mass is 1540 g/mol. The highest BCUT2D eigenvalue weighted by Gasteiger charge is 2.17. The summed E-state index contributed by atoms with van der Waals surface area (Å²) in [6, 6.07) is 138. The van der Waals surface area contributed by atoms with Crippen LogP contribution in [0.1, 0.15) is 27.9 Å². The van der Waals surface area contributed by atoms with Gasteiger partial charge < -0.3 is 11.1 Å². The molecule has 12 nitrogen and oxygen atoms in total. The summed E-state index contributed by atoms with van der Waals surface area (Å²) in [6.45, 7) is 0.442. The molecule has 0 saturated heterocycles. The lowest BCUT2D eigenvalue weighted by Crippen LogP contribution is -2.16. The number of pyridine rings is 5. The standard InChI is InChI=1S/C54H36N6.C54H42N6/c1-4-13-37(14-5-1)39-24-30-44(31-25-39)53-58-52(43-17-8-3-9-18-43)59-54(60-53)45-32-26-41(27-33-45)40-22-28-42(29-23-40)47-20-12-21-49(56-47)51-36-46(38-15-6-2-7-16-38)35-50(57-51)48-19-10-11-34-55-48;55-34-33-46(31-32-50-36-49(41-14-6-2-7-15-41)37-52(59-50)51-18-10-11-35-57-51)45-25-23-44(24-26-45)42-21-19-39(20-22-42)38-58-54(60-53(56)47-16-8-3-9-17-47)48-29-27-43(28-30-48)40-12-4-1-5-13-40/h1-36H;1-37,55H,38H2,(H2,56,58,60)/b;32-31+,46-33+,55-34?.